The van der Waals surface area contributed by atoms with E-state index < -0.39 is 6.04 Å². The van der Waals surface area contributed by atoms with Crippen molar-refractivity contribution in [2.45, 2.75) is 69.0 Å². The molecule has 0 aliphatic heterocycles. The lowest BCUT2D eigenvalue weighted by atomic mass is 10.1. The number of benzene rings is 2. The zero-order valence-electron chi connectivity index (χ0n) is 18.4. The van der Waals surface area contributed by atoms with Crippen LogP contribution in [0.25, 0.3) is 0 Å². The van der Waals surface area contributed by atoms with E-state index in [-0.39, 0.29) is 17.9 Å². The monoisotopic (exact) mass is 492 g/mol. The Morgan fingerprint density at radius 1 is 1.09 bits per heavy atom. The first kappa shape index (κ1) is 24.9. The molecular formula is C25H30Cl2N2O2S. The van der Waals surface area contributed by atoms with Gasteiger partial charge in [0.05, 0.1) is 0 Å². The van der Waals surface area contributed by atoms with Gasteiger partial charge in [0.15, 0.2) is 0 Å². The first-order chi connectivity index (χ1) is 15.4. The second-order valence-corrected chi connectivity index (χ2v) is 10.3. The van der Waals surface area contributed by atoms with Crippen molar-refractivity contribution in [3.8, 4) is 0 Å². The van der Waals surface area contributed by atoms with Crippen LogP contribution in [0, 0.1) is 0 Å². The Labute approximate surface area is 205 Å². The van der Waals surface area contributed by atoms with E-state index >= 15 is 0 Å². The van der Waals surface area contributed by atoms with Crippen LogP contribution in [0.2, 0.25) is 10.0 Å². The van der Waals surface area contributed by atoms with Gasteiger partial charge in [-0.3, -0.25) is 9.59 Å². The van der Waals surface area contributed by atoms with Gasteiger partial charge >= 0.3 is 0 Å². The molecule has 7 heteroatoms. The van der Waals surface area contributed by atoms with Gasteiger partial charge in [0.25, 0.3) is 0 Å². The summed E-state index contributed by atoms with van der Waals surface area (Å²) in [5.41, 5.74) is 0.918. The number of rotatable bonds is 10. The van der Waals surface area contributed by atoms with Gasteiger partial charge in [-0.15, -0.1) is 11.8 Å². The number of carbonyl (C=O) groups excluding carboxylic acids is 2. The summed E-state index contributed by atoms with van der Waals surface area (Å²) in [5.74, 6) is 0.722. The minimum Gasteiger partial charge on any atom is -0.352 e. The van der Waals surface area contributed by atoms with Crippen molar-refractivity contribution in [2.75, 3.05) is 5.75 Å². The highest BCUT2D eigenvalue weighted by Gasteiger charge is 2.28. The van der Waals surface area contributed by atoms with Gasteiger partial charge in [-0.2, -0.15) is 0 Å². The molecule has 1 atom stereocenters. The van der Waals surface area contributed by atoms with E-state index in [0.717, 1.165) is 48.3 Å². The molecule has 0 radical (unpaired) electrons. The lowest BCUT2D eigenvalue weighted by molar-refractivity contribution is -0.140. The second-order valence-electron chi connectivity index (χ2n) is 8.22. The molecule has 32 heavy (non-hydrogen) atoms. The van der Waals surface area contributed by atoms with E-state index in [4.69, 9.17) is 23.2 Å². The van der Waals surface area contributed by atoms with Crippen LogP contribution in [0.1, 0.15) is 51.0 Å². The SMILES string of the molecule is CC(C(=O)NC1CCCC1)N(Cc1cccc(Cl)c1)C(=O)CCCSc1ccc(Cl)cc1. The van der Waals surface area contributed by atoms with Crippen LogP contribution in [-0.2, 0) is 16.1 Å². The lowest BCUT2D eigenvalue weighted by Crippen LogP contribution is -2.49. The van der Waals surface area contributed by atoms with E-state index in [0.29, 0.717) is 23.0 Å². The molecule has 0 spiro atoms. The van der Waals surface area contributed by atoms with E-state index in [1.165, 1.54) is 0 Å². The standard InChI is InChI=1S/C25H30Cl2N2O2S/c1-18(25(31)28-22-8-2-3-9-22)29(17-19-6-4-7-21(27)16-19)24(30)10-5-15-32-23-13-11-20(26)12-14-23/h4,6-7,11-14,16,18,22H,2-3,5,8-10,15,17H2,1H3,(H,28,31). The number of hydrogen-bond acceptors (Lipinski definition) is 3. The molecule has 0 saturated heterocycles. The Balaban J connectivity index is 1.59. The highest BCUT2D eigenvalue weighted by molar-refractivity contribution is 7.99. The Kier molecular flexibility index (Phi) is 9.76. The summed E-state index contributed by atoms with van der Waals surface area (Å²) >= 11 is 13.8. The highest BCUT2D eigenvalue weighted by Crippen LogP contribution is 2.23. The van der Waals surface area contributed by atoms with Crippen LogP contribution < -0.4 is 5.32 Å². The maximum atomic E-state index is 13.2. The first-order valence-electron chi connectivity index (χ1n) is 11.1. The Morgan fingerprint density at radius 2 is 1.81 bits per heavy atom. The molecule has 1 fully saturated rings. The quantitative estimate of drug-likeness (QED) is 0.310. The highest BCUT2D eigenvalue weighted by atomic mass is 35.5. The third kappa shape index (κ3) is 7.72. The van der Waals surface area contributed by atoms with E-state index in [9.17, 15) is 9.59 Å². The number of hydrogen-bond donors (Lipinski definition) is 1. The molecule has 0 aromatic heterocycles. The molecule has 2 aromatic carbocycles. The summed E-state index contributed by atoms with van der Waals surface area (Å²) in [6.07, 6.45) is 5.45. The molecule has 3 rings (SSSR count). The van der Waals surface area contributed by atoms with Crippen LogP contribution in [0.3, 0.4) is 0 Å². The number of nitrogens with one attached hydrogen (secondary N) is 1. The maximum absolute atomic E-state index is 13.2. The summed E-state index contributed by atoms with van der Waals surface area (Å²) in [7, 11) is 0. The van der Waals surface area contributed by atoms with Crippen molar-refractivity contribution < 1.29 is 9.59 Å². The van der Waals surface area contributed by atoms with Gasteiger partial charge in [0.2, 0.25) is 11.8 Å². The molecule has 172 valence electrons. The zero-order chi connectivity index (χ0) is 22.9. The van der Waals surface area contributed by atoms with E-state index in [1.807, 2.05) is 49.4 Å². The van der Waals surface area contributed by atoms with Crippen molar-refractivity contribution in [1.82, 2.24) is 10.2 Å². The third-order valence-electron chi connectivity index (χ3n) is 5.73. The average molecular weight is 494 g/mol. The second kappa shape index (κ2) is 12.5. The van der Waals surface area contributed by atoms with Crippen molar-refractivity contribution in [3.63, 3.8) is 0 Å². The van der Waals surface area contributed by atoms with E-state index in [1.54, 1.807) is 22.7 Å². The van der Waals surface area contributed by atoms with Gasteiger partial charge in [-0.05, 0) is 73.9 Å². The molecule has 1 aliphatic carbocycles. The average Bonchev–Trinajstić information content (AvgIpc) is 3.28. The lowest BCUT2D eigenvalue weighted by Gasteiger charge is -2.30. The Morgan fingerprint density at radius 3 is 2.50 bits per heavy atom. The van der Waals surface area contributed by atoms with E-state index in [2.05, 4.69) is 5.32 Å². The van der Waals surface area contributed by atoms with Gasteiger partial charge in [-0.25, -0.2) is 0 Å². The Hall–Kier alpha value is -1.69. The van der Waals surface area contributed by atoms with Gasteiger partial charge in [0, 0.05) is 33.9 Å². The summed E-state index contributed by atoms with van der Waals surface area (Å²) in [6.45, 7) is 2.18. The van der Waals surface area contributed by atoms with Gasteiger partial charge in [0.1, 0.15) is 6.04 Å². The van der Waals surface area contributed by atoms with Crippen molar-refractivity contribution in [3.05, 3.63) is 64.1 Å². The summed E-state index contributed by atoms with van der Waals surface area (Å²) in [5, 5.41) is 4.47. The normalized spacial score (nSPS) is 14.8. The van der Waals surface area contributed by atoms with Crippen LogP contribution in [0.4, 0.5) is 0 Å². The molecule has 2 amide bonds. The zero-order valence-corrected chi connectivity index (χ0v) is 20.7. The Bertz CT molecular complexity index is 901. The molecule has 1 aliphatic rings. The van der Waals surface area contributed by atoms with Crippen LogP contribution in [-0.4, -0.2) is 34.6 Å². The fraction of sp³-hybridized carbons (Fsp3) is 0.440. The molecule has 1 unspecified atom stereocenters. The molecular weight excluding hydrogens is 463 g/mol. The fourth-order valence-electron chi connectivity index (χ4n) is 3.89. The summed E-state index contributed by atoms with van der Waals surface area (Å²) < 4.78 is 0. The summed E-state index contributed by atoms with van der Waals surface area (Å²) in [4.78, 5) is 28.9. The molecule has 0 heterocycles. The van der Waals surface area contributed by atoms with Gasteiger partial charge < -0.3 is 10.2 Å². The number of amides is 2. The van der Waals surface area contributed by atoms with Crippen LogP contribution in [0.5, 0.6) is 0 Å². The van der Waals surface area contributed by atoms with Crippen molar-refractivity contribution in [2.24, 2.45) is 0 Å². The summed E-state index contributed by atoms with van der Waals surface area (Å²) in [6, 6.07) is 14.8. The maximum Gasteiger partial charge on any atom is 0.242 e. The fourth-order valence-corrected chi connectivity index (χ4v) is 5.09. The smallest absolute Gasteiger partial charge is 0.242 e. The molecule has 2 aromatic rings. The predicted octanol–water partition coefficient (Wildman–Crippen LogP) is 6.34. The third-order valence-corrected chi connectivity index (χ3v) is 7.31. The molecule has 4 nitrogen and oxygen atoms in total. The van der Waals surface area contributed by atoms with Gasteiger partial charge in [-0.1, -0.05) is 48.2 Å². The topological polar surface area (TPSA) is 49.4 Å². The van der Waals surface area contributed by atoms with Crippen molar-refractivity contribution in [1.29, 1.82) is 0 Å². The minimum absolute atomic E-state index is 0.0178. The first-order valence-corrected chi connectivity index (χ1v) is 12.9. The minimum atomic E-state index is -0.536. The van der Waals surface area contributed by atoms with Crippen LogP contribution >= 0.6 is 35.0 Å². The van der Waals surface area contributed by atoms with Crippen molar-refractivity contribution >= 4 is 46.8 Å². The predicted molar refractivity (Wildman–Crippen MR) is 133 cm³/mol. The largest absolute Gasteiger partial charge is 0.352 e. The molecule has 1 saturated carbocycles. The number of halogens is 2. The molecule has 0 bridgehead atoms. The van der Waals surface area contributed by atoms with Crippen LogP contribution in [0.15, 0.2) is 53.4 Å². The molecule has 1 N–H and O–H groups in total. The number of carbonyl (C=O) groups is 2. The number of nitrogens with zero attached hydrogens (tertiary/aromatic N) is 1. The number of thioether (sulfide) groups is 1.